The Labute approximate surface area is 147 Å². The van der Waals surface area contributed by atoms with Gasteiger partial charge in [-0.3, -0.25) is 0 Å². The number of benzene rings is 1. The molecule has 5 N–H and O–H groups in total. The number of fused-ring (bicyclic) bond motifs is 1. The van der Waals surface area contributed by atoms with Crippen molar-refractivity contribution < 1.29 is 0 Å². The monoisotopic (exact) mass is 336 g/mol. The lowest BCUT2D eigenvalue weighted by Gasteiger charge is -2.28. The summed E-state index contributed by atoms with van der Waals surface area (Å²) in [6.07, 6.45) is 7.69. The zero-order valence-electron chi connectivity index (χ0n) is 14.4. The lowest BCUT2D eigenvalue weighted by molar-refractivity contribution is 0.396. The van der Waals surface area contributed by atoms with Gasteiger partial charge in [-0.1, -0.05) is 12.1 Å². The van der Waals surface area contributed by atoms with Crippen LogP contribution in [0.25, 0.3) is 5.65 Å². The number of nitrogens with zero attached hydrogens (tertiary/aromatic N) is 3. The van der Waals surface area contributed by atoms with E-state index in [1.54, 1.807) is 10.7 Å². The van der Waals surface area contributed by atoms with Gasteiger partial charge in [0.1, 0.15) is 5.82 Å². The molecule has 1 aliphatic rings. The molecule has 0 aliphatic heterocycles. The van der Waals surface area contributed by atoms with Crippen molar-refractivity contribution in [3.05, 3.63) is 47.8 Å². The second kappa shape index (κ2) is 6.37. The molecule has 0 saturated heterocycles. The van der Waals surface area contributed by atoms with Gasteiger partial charge in [0.15, 0.2) is 5.65 Å². The second-order valence-electron chi connectivity index (χ2n) is 6.98. The lowest BCUT2D eigenvalue weighted by Crippen LogP contribution is -2.26. The predicted octanol–water partition coefficient (Wildman–Crippen LogP) is 3.35. The smallest absolute Gasteiger partial charge is 0.177 e. The highest BCUT2D eigenvalue weighted by Gasteiger charge is 2.27. The minimum Gasteiger partial charge on any atom is -0.382 e. The summed E-state index contributed by atoms with van der Waals surface area (Å²) in [7, 11) is 0. The summed E-state index contributed by atoms with van der Waals surface area (Å²) < 4.78 is 1.74. The molecule has 2 aromatic heterocycles. The van der Waals surface area contributed by atoms with E-state index in [9.17, 15) is 0 Å². The fourth-order valence-electron chi connectivity index (χ4n) is 3.79. The van der Waals surface area contributed by atoms with Crippen molar-refractivity contribution in [3.8, 4) is 0 Å². The van der Waals surface area contributed by atoms with Crippen molar-refractivity contribution in [2.75, 3.05) is 11.1 Å². The van der Waals surface area contributed by atoms with E-state index in [1.165, 1.54) is 5.56 Å². The summed E-state index contributed by atoms with van der Waals surface area (Å²) >= 11 is 0. The van der Waals surface area contributed by atoms with Crippen molar-refractivity contribution in [3.63, 3.8) is 0 Å². The van der Waals surface area contributed by atoms with Gasteiger partial charge in [-0.25, -0.2) is 9.50 Å². The van der Waals surface area contributed by atoms with E-state index in [1.807, 2.05) is 12.3 Å². The van der Waals surface area contributed by atoms with E-state index in [4.69, 9.17) is 11.5 Å². The van der Waals surface area contributed by atoms with Crippen LogP contribution in [-0.4, -0.2) is 20.6 Å². The summed E-state index contributed by atoms with van der Waals surface area (Å²) in [6, 6.07) is 8.61. The molecule has 130 valence electrons. The van der Waals surface area contributed by atoms with Gasteiger partial charge in [-0.2, -0.15) is 0 Å². The van der Waals surface area contributed by atoms with Crippen LogP contribution >= 0.6 is 0 Å². The molecule has 0 atom stereocenters. The van der Waals surface area contributed by atoms with E-state index in [0.717, 1.165) is 48.3 Å². The van der Waals surface area contributed by atoms with Gasteiger partial charge >= 0.3 is 0 Å². The Bertz CT molecular complexity index is 892. The first kappa shape index (κ1) is 15.9. The summed E-state index contributed by atoms with van der Waals surface area (Å²) in [5.74, 6) is 0.933. The fraction of sp³-hybridized carbons (Fsp3) is 0.368. The number of imidazole rings is 1. The van der Waals surface area contributed by atoms with Crippen LogP contribution in [0.1, 0.15) is 42.7 Å². The molecule has 1 aliphatic carbocycles. The topological polar surface area (TPSA) is 94.3 Å². The number of nitrogens with two attached hydrogens (primary N) is 2. The molecule has 25 heavy (non-hydrogen) atoms. The molecule has 4 rings (SSSR count). The van der Waals surface area contributed by atoms with Crippen LogP contribution in [0.5, 0.6) is 0 Å². The standard InChI is InChI=1S/C19H24N6/c1-12-3-2-4-15(11-12)23-17-16(13-5-7-14(20)8-6-13)18(21)24-25-10-9-22-19(17)25/h2-4,9-11,13-14,23H,5-8,20H2,1H3,(H2,21,24)/t13-,14-. The van der Waals surface area contributed by atoms with E-state index in [-0.39, 0.29) is 0 Å². The summed E-state index contributed by atoms with van der Waals surface area (Å²) in [6.45, 7) is 2.08. The molecule has 6 nitrogen and oxygen atoms in total. The highest BCUT2D eigenvalue weighted by atomic mass is 15.3. The molecule has 0 spiro atoms. The summed E-state index contributed by atoms with van der Waals surface area (Å²) in [5, 5.41) is 8.07. The maximum atomic E-state index is 6.36. The molecule has 1 fully saturated rings. The largest absolute Gasteiger partial charge is 0.382 e. The highest BCUT2D eigenvalue weighted by Crippen LogP contribution is 2.41. The van der Waals surface area contributed by atoms with E-state index < -0.39 is 0 Å². The van der Waals surface area contributed by atoms with Gasteiger partial charge in [-0.15, -0.1) is 5.10 Å². The van der Waals surface area contributed by atoms with Gasteiger partial charge in [0.2, 0.25) is 0 Å². The first-order valence-corrected chi connectivity index (χ1v) is 8.84. The van der Waals surface area contributed by atoms with Crippen LogP contribution in [0.15, 0.2) is 36.7 Å². The molecule has 0 unspecified atom stereocenters. The minimum absolute atomic E-state index is 0.300. The fourth-order valence-corrected chi connectivity index (χ4v) is 3.79. The molecule has 0 radical (unpaired) electrons. The molecule has 6 heteroatoms. The maximum Gasteiger partial charge on any atom is 0.177 e. The van der Waals surface area contributed by atoms with Crippen molar-refractivity contribution >= 4 is 22.8 Å². The highest BCUT2D eigenvalue weighted by molar-refractivity contribution is 5.80. The minimum atomic E-state index is 0.300. The normalized spacial score (nSPS) is 20.7. The lowest BCUT2D eigenvalue weighted by atomic mass is 9.81. The number of hydrogen-bond donors (Lipinski definition) is 3. The van der Waals surface area contributed by atoms with Gasteiger partial charge in [0.25, 0.3) is 0 Å². The quantitative estimate of drug-likeness (QED) is 0.682. The Hall–Kier alpha value is -2.60. The number of nitrogens with one attached hydrogen (secondary N) is 1. The SMILES string of the molecule is Cc1cccc(Nc2c3nccn3nc(N)c2[C@H]2CC[C@H](N)CC2)c1. The van der Waals surface area contributed by atoms with Crippen LogP contribution in [0, 0.1) is 6.92 Å². The molecule has 2 heterocycles. The number of rotatable bonds is 3. The number of hydrogen-bond acceptors (Lipinski definition) is 5. The van der Waals surface area contributed by atoms with Gasteiger partial charge in [0.05, 0.1) is 5.69 Å². The predicted molar refractivity (Wildman–Crippen MR) is 101 cm³/mol. The van der Waals surface area contributed by atoms with Crippen molar-refractivity contribution in [2.45, 2.75) is 44.6 Å². The second-order valence-corrected chi connectivity index (χ2v) is 6.98. The van der Waals surface area contributed by atoms with Crippen LogP contribution in [0.2, 0.25) is 0 Å². The third kappa shape index (κ3) is 3.05. The third-order valence-corrected chi connectivity index (χ3v) is 5.07. The Balaban J connectivity index is 1.82. The van der Waals surface area contributed by atoms with Crippen LogP contribution < -0.4 is 16.8 Å². The van der Waals surface area contributed by atoms with Crippen molar-refractivity contribution in [2.24, 2.45) is 5.73 Å². The maximum absolute atomic E-state index is 6.36. The van der Waals surface area contributed by atoms with Crippen LogP contribution in [0.4, 0.5) is 17.2 Å². The Morgan fingerprint density at radius 1 is 1.20 bits per heavy atom. The Kier molecular flexibility index (Phi) is 4.05. The van der Waals surface area contributed by atoms with Crippen molar-refractivity contribution in [1.82, 2.24) is 14.6 Å². The summed E-state index contributed by atoms with van der Waals surface area (Å²) in [4.78, 5) is 4.51. The number of nitrogen functional groups attached to an aromatic ring is 1. The number of aromatic nitrogens is 3. The Morgan fingerprint density at radius 2 is 2.00 bits per heavy atom. The molecular weight excluding hydrogens is 312 g/mol. The molecule has 0 amide bonds. The van der Waals surface area contributed by atoms with Crippen molar-refractivity contribution in [1.29, 1.82) is 0 Å². The Morgan fingerprint density at radius 3 is 2.76 bits per heavy atom. The summed E-state index contributed by atoms with van der Waals surface area (Å²) in [5.41, 5.74) is 17.5. The van der Waals surface area contributed by atoms with Gasteiger partial charge in [-0.05, 0) is 56.2 Å². The van der Waals surface area contributed by atoms with Gasteiger partial charge < -0.3 is 16.8 Å². The molecule has 1 saturated carbocycles. The first-order chi connectivity index (χ1) is 12.1. The molecule has 1 aromatic carbocycles. The molecular formula is C19H24N6. The first-order valence-electron chi connectivity index (χ1n) is 8.84. The average molecular weight is 336 g/mol. The van der Waals surface area contributed by atoms with E-state index in [2.05, 4.69) is 40.5 Å². The molecule has 3 aromatic rings. The zero-order chi connectivity index (χ0) is 17.4. The van der Waals surface area contributed by atoms with Crippen LogP contribution in [-0.2, 0) is 0 Å². The average Bonchev–Trinajstić information content (AvgIpc) is 3.04. The van der Waals surface area contributed by atoms with Gasteiger partial charge in [0, 0.05) is 29.7 Å². The third-order valence-electron chi connectivity index (χ3n) is 5.07. The van der Waals surface area contributed by atoms with Crippen LogP contribution in [0.3, 0.4) is 0 Å². The van der Waals surface area contributed by atoms with E-state index in [0.29, 0.717) is 17.8 Å². The van der Waals surface area contributed by atoms with E-state index >= 15 is 0 Å². The number of aryl methyl sites for hydroxylation is 1. The molecule has 0 bridgehead atoms. The number of anilines is 3. The zero-order valence-corrected chi connectivity index (χ0v) is 14.4.